The van der Waals surface area contributed by atoms with E-state index in [0.29, 0.717) is 5.69 Å². The highest BCUT2D eigenvalue weighted by molar-refractivity contribution is 9.10. The van der Waals surface area contributed by atoms with Crippen LogP contribution in [0.4, 0.5) is 0 Å². The van der Waals surface area contributed by atoms with E-state index in [2.05, 4.69) is 27.8 Å². The van der Waals surface area contributed by atoms with Crippen LogP contribution >= 0.6 is 15.9 Å². The first kappa shape index (κ1) is 16.4. The number of alkyl halides is 1. The molecule has 0 N–H and O–H groups in total. The Hall–Kier alpha value is -0.700. The zero-order valence-corrected chi connectivity index (χ0v) is 13.4. The lowest BCUT2D eigenvalue weighted by Crippen LogP contribution is -2.15. The molecule has 0 aliphatic carbocycles. The van der Waals surface area contributed by atoms with Crippen LogP contribution in [0.2, 0.25) is 0 Å². The first-order chi connectivity index (χ1) is 9.25. The molecule has 1 atom stereocenters. The van der Waals surface area contributed by atoms with Gasteiger partial charge in [0.15, 0.2) is 5.78 Å². The van der Waals surface area contributed by atoms with Gasteiger partial charge in [0.25, 0.3) is 0 Å². The van der Waals surface area contributed by atoms with Crippen molar-refractivity contribution in [2.75, 3.05) is 0 Å². The second-order valence-corrected chi connectivity index (χ2v) is 6.06. The highest BCUT2D eigenvalue weighted by atomic mass is 79.9. The Labute approximate surface area is 125 Å². The third-order valence-corrected chi connectivity index (χ3v) is 4.14. The minimum Gasteiger partial charge on any atom is -0.291 e. The van der Waals surface area contributed by atoms with Gasteiger partial charge in [0.2, 0.25) is 0 Å². The van der Waals surface area contributed by atoms with E-state index in [9.17, 15) is 4.79 Å². The van der Waals surface area contributed by atoms with Crippen molar-refractivity contribution < 1.29 is 4.79 Å². The molecule has 1 aromatic heterocycles. The lowest BCUT2D eigenvalue weighted by molar-refractivity contribution is 0.0983. The molecule has 0 spiro atoms. The van der Waals surface area contributed by atoms with Crippen LogP contribution in [-0.2, 0) is 0 Å². The van der Waals surface area contributed by atoms with Gasteiger partial charge in [-0.25, -0.2) is 0 Å². The molecule has 1 aromatic rings. The summed E-state index contributed by atoms with van der Waals surface area (Å²) in [7, 11) is 0. The summed E-state index contributed by atoms with van der Waals surface area (Å²) in [6.45, 7) is 2.23. The van der Waals surface area contributed by atoms with Crippen LogP contribution in [0.1, 0.15) is 68.8 Å². The molecule has 106 valence electrons. The molecule has 0 saturated heterocycles. The highest BCUT2D eigenvalue weighted by Gasteiger charge is 2.17. The fourth-order valence-corrected chi connectivity index (χ4v) is 2.64. The third kappa shape index (κ3) is 6.86. The largest absolute Gasteiger partial charge is 0.291 e. The Morgan fingerprint density at radius 3 is 2.47 bits per heavy atom. The van der Waals surface area contributed by atoms with Gasteiger partial charge in [-0.2, -0.15) is 0 Å². The van der Waals surface area contributed by atoms with Crippen molar-refractivity contribution in [2.45, 2.75) is 63.1 Å². The number of pyridine rings is 1. The normalized spacial score (nSPS) is 12.3. The first-order valence-corrected chi connectivity index (χ1v) is 8.26. The standard InChI is InChI=1S/C16H24BrNO/c1-2-3-4-5-6-7-8-11-14(17)16(19)15-12-9-10-13-18-15/h9-10,12-14H,2-8,11H2,1H3. The van der Waals surface area contributed by atoms with Crippen LogP contribution in [0.5, 0.6) is 0 Å². The monoisotopic (exact) mass is 325 g/mol. The van der Waals surface area contributed by atoms with Gasteiger partial charge in [0.05, 0.1) is 4.83 Å². The minimum atomic E-state index is -0.0851. The SMILES string of the molecule is CCCCCCCCCC(Br)C(=O)c1ccccn1. The number of unbranched alkanes of at least 4 members (excludes halogenated alkanes) is 6. The molecule has 0 radical (unpaired) electrons. The second kappa shape index (κ2) is 10.1. The van der Waals surface area contributed by atoms with Crippen LogP contribution < -0.4 is 0 Å². The number of carbonyl (C=O) groups is 1. The highest BCUT2D eigenvalue weighted by Crippen LogP contribution is 2.17. The molecule has 3 heteroatoms. The van der Waals surface area contributed by atoms with Gasteiger partial charge in [-0.3, -0.25) is 9.78 Å². The molecule has 1 rings (SSSR count). The number of hydrogen-bond acceptors (Lipinski definition) is 2. The maximum atomic E-state index is 12.0. The number of ketones is 1. The first-order valence-electron chi connectivity index (χ1n) is 7.35. The lowest BCUT2D eigenvalue weighted by atomic mass is 10.0. The molecule has 0 saturated carbocycles. The van der Waals surface area contributed by atoms with Crippen molar-refractivity contribution in [3.05, 3.63) is 30.1 Å². The summed E-state index contributed by atoms with van der Waals surface area (Å²) in [6.07, 6.45) is 11.5. The average Bonchev–Trinajstić information content (AvgIpc) is 2.46. The predicted octanol–water partition coefficient (Wildman–Crippen LogP) is 5.17. The molecule has 0 fully saturated rings. The second-order valence-electron chi connectivity index (χ2n) is 4.96. The van der Waals surface area contributed by atoms with Crippen LogP contribution in [0.3, 0.4) is 0 Å². The van der Waals surface area contributed by atoms with E-state index in [0.717, 1.165) is 12.8 Å². The Kier molecular flexibility index (Phi) is 8.72. The molecule has 19 heavy (non-hydrogen) atoms. The molecular weight excluding hydrogens is 302 g/mol. The number of aromatic nitrogens is 1. The quantitative estimate of drug-likeness (QED) is 0.337. The zero-order valence-electron chi connectivity index (χ0n) is 11.8. The molecule has 0 aliphatic heterocycles. The van der Waals surface area contributed by atoms with Gasteiger partial charge in [0.1, 0.15) is 5.69 Å². The molecule has 1 heterocycles. The number of carbonyl (C=O) groups excluding carboxylic acids is 1. The van der Waals surface area contributed by atoms with Gasteiger partial charge in [0, 0.05) is 6.20 Å². The van der Waals surface area contributed by atoms with Crippen molar-refractivity contribution in [3.8, 4) is 0 Å². The molecule has 1 unspecified atom stereocenters. The maximum absolute atomic E-state index is 12.0. The number of Topliss-reactive ketones (excluding diaryl/α,β-unsaturated/α-hetero) is 1. The minimum absolute atomic E-state index is 0.0851. The summed E-state index contributed by atoms with van der Waals surface area (Å²) in [4.78, 5) is 16.1. The Bertz CT molecular complexity index is 353. The summed E-state index contributed by atoms with van der Waals surface area (Å²) in [5.41, 5.74) is 0.562. The number of hydrogen-bond donors (Lipinski definition) is 0. The maximum Gasteiger partial charge on any atom is 0.194 e. The van der Waals surface area contributed by atoms with Crippen molar-refractivity contribution in [1.82, 2.24) is 4.98 Å². The van der Waals surface area contributed by atoms with Gasteiger partial charge in [-0.15, -0.1) is 0 Å². The average molecular weight is 326 g/mol. The van der Waals surface area contributed by atoms with Crippen molar-refractivity contribution >= 4 is 21.7 Å². The van der Waals surface area contributed by atoms with E-state index >= 15 is 0 Å². The van der Waals surface area contributed by atoms with Crippen LogP contribution in [0, 0.1) is 0 Å². The molecule has 0 bridgehead atoms. The number of halogens is 1. The topological polar surface area (TPSA) is 30.0 Å². The van der Waals surface area contributed by atoms with E-state index in [-0.39, 0.29) is 10.6 Å². The molecule has 0 aliphatic rings. The van der Waals surface area contributed by atoms with Crippen LogP contribution in [-0.4, -0.2) is 15.6 Å². The van der Waals surface area contributed by atoms with E-state index in [1.165, 1.54) is 38.5 Å². The predicted molar refractivity (Wildman–Crippen MR) is 83.9 cm³/mol. The van der Waals surface area contributed by atoms with Crippen molar-refractivity contribution in [2.24, 2.45) is 0 Å². The molecule has 0 amide bonds. The van der Waals surface area contributed by atoms with E-state index in [1.807, 2.05) is 12.1 Å². The van der Waals surface area contributed by atoms with Crippen LogP contribution in [0.15, 0.2) is 24.4 Å². The fourth-order valence-electron chi connectivity index (χ4n) is 2.08. The van der Waals surface area contributed by atoms with Crippen molar-refractivity contribution in [3.63, 3.8) is 0 Å². The Balaban J connectivity index is 2.14. The lowest BCUT2D eigenvalue weighted by Gasteiger charge is -2.08. The molecular formula is C16H24BrNO. The van der Waals surface area contributed by atoms with Crippen LogP contribution in [0.25, 0.3) is 0 Å². The molecule has 0 aromatic carbocycles. The van der Waals surface area contributed by atoms with Gasteiger partial charge < -0.3 is 0 Å². The Morgan fingerprint density at radius 2 is 1.84 bits per heavy atom. The van der Waals surface area contributed by atoms with E-state index in [4.69, 9.17) is 0 Å². The summed E-state index contributed by atoms with van der Waals surface area (Å²) < 4.78 is 0. The number of nitrogens with zero attached hydrogens (tertiary/aromatic N) is 1. The van der Waals surface area contributed by atoms with E-state index < -0.39 is 0 Å². The smallest absolute Gasteiger partial charge is 0.194 e. The fraction of sp³-hybridized carbons (Fsp3) is 0.625. The summed E-state index contributed by atoms with van der Waals surface area (Å²) >= 11 is 3.48. The van der Waals surface area contributed by atoms with Gasteiger partial charge in [-0.05, 0) is 18.6 Å². The number of rotatable bonds is 10. The summed E-state index contributed by atoms with van der Waals surface area (Å²) in [5.74, 6) is 0.103. The van der Waals surface area contributed by atoms with Gasteiger partial charge in [-0.1, -0.05) is 73.9 Å². The Morgan fingerprint density at radius 1 is 1.16 bits per heavy atom. The van der Waals surface area contributed by atoms with Crippen molar-refractivity contribution in [1.29, 1.82) is 0 Å². The van der Waals surface area contributed by atoms with Gasteiger partial charge >= 0.3 is 0 Å². The summed E-state index contributed by atoms with van der Waals surface area (Å²) in [6, 6.07) is 5.46. The zero-order chi connectivity index (χ0) is 13.9. The summed E-state index contributed by atoms with van der Waals surface area (Å²) in [5, 5.41) is 0. The van der Waals surface area contributed by atoms with E-state index in [1.54, 1.807) is 12.3 Å². The molecule has 2 nitrogen and oxygen atoms in total. The third-order valence-electron chi connectivity index (χ3n) is 3.26.